The molecule has 92 valence electrons. The fourth-order valence-electron chi connectivity index (χ4n) is 1.51. The Kier molecular flexibility index (Phi) is 3.48. The predicted molar refractivity (Wildman–Crippen MR) is 72.2 cm³/mol. The first-order chi connectivity index (χ1) is 8.58. The smallest absolute Gasteiger partial charge is 0.252 e. The zero-order valence-electron chi connectivity index (χ0n) is 9.77. The van der Waals surface area contributed by atoms with Crippen LogP contribution in [0, 0.1) is 6.92 Å². The lowest BCUT2D eigenvalue weighted by Crippen LogP contribution is -2.14. The molecule has 1 aromatic carbocycles. The van der Waals surface area contributed by atoms with E-state index in [0.717, 1.165) is 11.3 Å². The zero-order chi connectivity index (χ0) is 13.1. The summed E-state index contributed by atoms with van der Waals surface area (Å²) in [5.74, 6) is -0.103. The maximum atomic E-state index is 11.2. The van der Waals surface area contributed by atoms with Gasteiger partial charge in [0.05, 0.1) is 5.56 Å². The van der Waals surface area contributed by atoms with Gasteiger partial charge >= 0.3 is 0 Å². The third-order valence-corrected chi connectivity index (χ3v) is 2.91. The number of anilines is 2. The van der Waals surface area contributed by atoms with E-state index in [2.05, 4.69) is 10.3 Å². The summed E-state index contributed by atoms with van der Waals surface area (Å²) < 4.78 is 0. The number of nitrogens with one attached hydrogen (secondary N) is 1. The van der Waals surface area contributed by atoms with Crippen molar-refractivity contribution in [1.29, 1.82) is 0 Å². The Morgan fingerprint density at radius 3 is 2.83 bits per heavy atom. The third kappa shape index (κ3) is 2.60. The molecule has 0 spiro atoms. The van der Waals surface area contributed by atoms with E-state index in [1.54, 1.807) is 24.4 Å². The van der Waals surface area contributed by atoms with E-state index in [-0.39, 0.29) is 0 Å². The van der Waals surface area contributed by atoms with Gasteiger partial charge in [0.2, 0.25) is 0 Å². The number of pyridine rings is 1. The Morgan fingerprint density at radius 1 is 1.39 bits per heavy atom. The molecule has 3 N–H and O–H groups in total. The van der Waals surface area contributed by atoms with Crippen LogP contribution in [0.15, 0.2) is 36.5 Å². The van der Waals surface area contributed by atoms with Gasteiger partial charge in [-0.3, -0.25) is 4.79 Å². The van der Waals surface area contributed by atoms with Crippen LogP contribution in [-0.2, 0) is 0 Å². The lowest BCUT2D eigenvalue weighted by Gasteiger charge is -2.09. The van der Waals surface area contributed by atoms with Crippen molar-refractivity contribution in [2.24, 2.45) is 5.73 Å². The highest BCUT2D eigenvalue weighted by atomic mass is 35.5. The summed E-state index contributed by atoms with van der Waals surface area (Å²) in [5, 5.41) is 3.68. The van der Waals surface area contributed by atoms with Crippen LogP contribution in [0.1, 0.15) is 15.9 Å². The molecular formula is C13H12ClN3O. The van der Waals surface area contributed by atoms with Gasteiger partial charge in [-0.1, -0.05) is 17.7 Å². The van der Waals surface area contributed by atoms with E-state index in [9.17, 15) is 4.79 Å². The molecule has 18 heavy (non-hydrogen) atoms. The summed E-state index contributed by atoms with van der Waals surface area (Å²) >= 11 is 6.03. The summed E-state index contributed by atoms with van der Waals surface area (Å²) in [6.07, 6.45) is 1.59. The van der Waals surface area contributed by atoms with Gasteiger partial charge in [0.25, 0.3) is 5.91 Å². The van der Waals surface area contributed by atoms with Gasteiger partial charge in [-0.2, -0.15) is 0 Å². The van der Waals surface area contributed by atoms with Gasteiger partial charge in [0.1, 0.15) is 5.82 Å². The van der Waals surface area contributed by atoms with E-state index in [0.29, 0.717) is 16.4 Å². The second kappa shape index (κ2) is 5.06. The number of nitrogens with zero attached hydrogens (tertiary/aromatic N) is 1. The Labute approximate surface area is 110 Å². The Morgan fingerprint density at radius 2 is 2.17 bits per heavy atom. The van der Waals surface area contributed by atoms with E-state index < -0.39 is 5.91 Å². The van der Waals surface area contributed by atoms with Crippen LogP contribution in [0.5, 0.6) is 0 Å². The highest BCUT2D eigenvalue weighted by molar-refractivity contribution is 6.31. The summed E-state index contributed by atoms with van der Waals surface area (Å²) in [5.41, 5.74) is 7.36. The van der Waals surface area contributed by atoms with Crippen molar-refractivity contribution < 1.29 is 4.79 Å². The molecule has 0 saturated carbocycles. The summed E-state index contributed by atoms with van der Waals surface area (Å²) in [6.45, 7) is 1.92. The van der Waals surface area contributed by atoms with Crippen LogP contribution >= 0.6 is 11.6 Å². The van der Waals surface area contributed by atoms with Crippen molar-refractivity contribution in [3.8, 4) is 0 Å². The highest BCUT2D eigenvalue weighted by Crippen LogP contribution is 2.23. The van der Waals surface area contributed by atoms with Crippen LogP contribution < -0.4 is 11.1 Å². The van der Waals surface area contributed by atoms with Crippen LogP contribution in [0.3, 0.4) is 0 Å². The number of primary amides is 1. The van der Waals surface area contributed by atoms with Gasteiger partial charge in [0.15, 0.2) is 0 Å². The largest absolute Gasteiger partial charge is 0.365 e. The second-order valence-electron chi connectivity index (χ2n) is 3.85. The average molecular weight is 262 g/mol. The molecule has 0 radical (unpaired) electrons. The standard InChI is InChI=1S/C13H12ClN3O/c1-8-4-5-9(7-11(8)14)17-13-10(12(15)18)3-2-6-16-13/h2-7H,1H3,(H2,15,18)(H,16,17). The normalized spacial score (nSPS) is 10.1. The SMILES string of the molecule is Cc1ccc(Nc2ncccc2C(N)=O)cc1Cl. The minimum Gasteiger partial charge on any atom is -0.365 e. The molecule has 1 aromatic heterocycles. The van der Waals surface area contributed by atoms with Crippen LogP contribution in [0.2, 0.25) is 5.02 Å². The van der Waals surface area contributed by atoms with Crippen molar-refractivity contribution in [2.75, 3.05) is 5.32 Å². The van der Waals surface area contributed by atoms with E-state index in [1.807, 2.05) is 19.1 Å². The number of amides is 1. The number of aryl methyl sites for hydroxylation is 1. The Balaban J connectivity index is 2.34. The Hall–Kier alpha value is -2.07. The van der Waals surface area contributed by atoms with Gasteiger partial charge in [0, 0.05) is 16.9 Å². The van der Waals surface area contributed by atoms with Gasteiger partial charge in [-0.15, -0.1) is 0 Å². The fraction of sp³-hybridized carbons (Fsp3) is 0.0769. The van der Waals surface area contributed by atoms with Crippen molar-refractivity contribution in [3.63, 3.8) is 0 Å². The second-order valence-corrected chi connectivity index (χ2v) is 4.26. The fourth-order valence-corrected chi connectivity index (χ4v) is 1.69. The molecule has 0 aliphatic rings. The number of hydrogen-bond acceptors (Lipinski definition) is 3. The molecule has 4 nitrogen and oxygen atoms in total. The molecule has 0 fully saturated rings. The number of hydrogen-bond donors (Lipinski definition) is 2. The molecule has 0 unspecified atom stereocenters. The molecule has 0 aliphatic carbocycles. The van der Waals surface area contributed by atoms with E-state index in [1.165, 1.54) is 0 Å². The molecule has 0 atom stereocenters. The number of halogens is 1. The number of carbonyl (C=O) groups is 1. The summed E-state index contributed by atoms with van der Waals surface area (Å²) in [7, 11) is 0. The number of benzene rings is 1. The zero-order valence-corrected chi connectivity index (χ0v) is 10.5. The third-order valence-electron chi connectivity index (χ3n) is 2.51. The number of nitrogens with two attached hydrogens (primary N) is 1. The summed E-state index contributed by atoms with van der Waals surface area (Å²) in [4.78, 5) is 15.3. The predicted octanol–water partition coefficient (Wildman–Crippen LogP) is 2.89. The number of rotatable bonds is 3. The topological polar surface area (TPSA) is 68.0 Å². The minimum atomic E-state index is -0.524. The van der Waals surface area contributed by atoms with Gasteiger partial charge in [-0.25, -0.2) is 4.98 Å². The molecular weight excluding hydrogens is 250 g/mol. The van der Waals surface area contributed by atoms with Crippen molar-refractivity contribution in [3.05, 3.63) is 52.7 Å². The molecule has 1 heterocycles. The first kappa shape index (κ1) is 12.4. The van der Waals surface area contributed by atoms with Gasteiger partial charge in [-0.05, 0) is 36.8 Å². The molecule has 2 rings (SSSR count). The maximum absolute atomic E-state index is 11.2. The number of aromatic nitrogens is 1. The van der Waals surface area contributed by atoms with Crippen molar-refractivity contribution >= 4 is 29.0 Å². The van der Waals surface area contributed by atoms with E-state index in [4.69, 9.17) is 17.3 Å². The molecule has 0 aliphatic heterocycles. The molecule has 2 aromatic rings. The quantitative estimate of drug-likeness (QED) is 0.893. The molecule has 1 amide bonds. The lowest BCUT2D eigenvalue weighted by atomic mass is 10.2. The summed E-state index contributed by atoms with van der Waals surface area (Å²) in [6, 6.07) is 8.80. The lowest BCUT2D eigenvalue weighted by molar-refractivity contribution is 0.100. The van der Waals surface area contributed by atoms with Crippen LogP contribution in [0.25, 0.3) is 0 Å². The van der Waals surface area contributed by atoms with Crippen molar-refractivity contribution in [1.82, 2.24) is 4.98 Å². The highest BCUT2D eigenvalue weighted by Gasteiger charge is 2.09. The Bertz CT molecular complexity index is 599. The van der Waals surface area contributed by atoms with Crippen LogP contribution in [-0.4, -0.2) is 10.9 Å². The minimum absolute atomic E-state index is 0.342. The average Bonchev–Trinajstić information content (AvgIpc) is 2.34. The molecule has 5 heteroatoms. The molecule has 0 bridgehead atoms. The first-order valence-corrected chi connectivity index (χ1v) is 5.73. The van der Waals surface area contributed by atoms with Crippen molar-refractivity contribution in [2.45, 2.75) is 6.92 Å². The maximum Gasteiger partial charge on any atom is 0.252 e. The number of carbonyl (C=O) groups excluding carboxylic acids is 1. The van der Waals surface area contributed by atoms with Crippen LogP contribution in [0.4, 0.5) is 11.5 Å². The monoisotopic (exact) mass is 261 g/mol. The molecule has 0 saturated heterocycles. The first-order valence-electron chi connectivity index (χ1n) is 5.36. The van der Waals surface area contributed by atoms with E-state index >= 15 is 0 Å². The van der Waals surface area contributed by atoms with Gasteiger partial charge < -0.3 is 11.1 Å².